The smallest absolute Gasteiger partial charge is 0.306 e. The summed E-state index contributed by atoms with van der Waals surface area (Å²) in [5.74, 6) is -0.942. The fraction of sp³-hybridized carbons (Fsp3) is 0.732. The van der Waals surface area contributed by atoms with E-state index in [2.05, 4.69) is 118 Å². The molecule has 6 heteroatoms. The van der Waals surface area contributed by atoms with E-state index in [1.165, 1.54) is 167 Å². The minimum absolute atomic E-state index is 0.0955. The maximum absolute atomic E-state index is 12.9. The Morgan fingerprint density at radius 3 is 0.857 bits per heavy atom. The van der Waals surface area contributed by atoms with Crippen molar-refractivity contribution >= 4 is 17.9 Å². The second-order valence-corrected chi connectivity index (χ2v) is 21.6. The number of carbonyl (C=O) groups is 3. The van der Waals surface area contributed by atoms with Crippen LogP contribution in [0.3, 0.4) is 0 Å². The number of hydrogen-bond donors (Lipinski definition) is 0. The summed E-state index contributed by atoms with van der Waals surface area (Å²) >= 11 is 0. The summed E-state index contributed by atoms with van der Waals surface area (Å²) in [4.78, 5) is 38.3. The predicted octanol–water partition coefficient (Wildman–Crippen LogP) is 22.4. The molecule has 6 nitrogen and oxygen atoms in total. The highest BCUT2D eigenvalue weighted by Crippen LogP contribution is 2.16. The highest BCUT2D eigenvalue weighted by atomic mass is 16.6. The van der Waals surface area contributed by atoms with E-state index in [4.69, 9.17) is 14.2 Å². The van der Waals surface area contributed by atoms with E-state index >= 15 is 0 Å². The Morgan fingerprint density at radius 1 is 0.273 bits per heavy atom. The third-order valence-corrected chi connectivity index (χ3v) is 14.0. The van der Waals surface area contributed by atoms with Crippen LogP contribution in [0.5, 0.6) is 0 Å². The molecular formula is C71H122O6. The van der Waals surface area contributed by atoms with Crippen molar-refractivity contribution < 1.29 is 28.6 Å². The van der Waals surface area contributed by atoms with Crippen LogP contribution in [-0.2, 0) is 28.6 Å². The first-order valence-electron chi connectivity index (χ1n) is 32.7. The monoisotopic (exact) mass is 1070 g/mol. The Balaban J connectivity index is 4.37. The standard InChI is InChI=1S/C71H122O6/c1-4-7-10-13-16-19-22-25-28-30-32-33-34-35-36-37-39-40-43-46-49-52-55-58-61-64-70(73)76-67-68(66-75-69(72)63-60-57-54-51-48-45-42-27-24-21-18-15-12-9-6-3)77-71(74)65-62-59-56-53-50-47-44-41-38-31-29-26-23-20-17-14-11-8-5-2/h9,12,17-18,20-21,26-27,29-30,32,38,41-42,48,51,68H,4-8,10-11,13-16,19,22-25,28,31,33-37,39-40,43-47,49-50,52-67H2,1-3H3/b12-9-,20-17-,21-18-,29-26-,32-30-,41-38-,42-27-,51-48-. The minimum Gasteiger partial charge on any atom is -0.462 e. The number of hydrogen-bond acceptors (Lipinski definition) is 6. The van der Waals surface area contributed by atoms with Crippen molar-refractivity contribution in [2.75, 3.05) is 13.2 Å². The summed E-state index contributed by atoms with van der Waals surface area (Å²) in [5.41, 5.74) is 0. The van der Waals surface area contributed by atoms with Crippen molar-refractivity contribution in [2.45, 2.75) is 322 Å². The third-order valence-electron chi connectivity index (χ3n) is 14.0. The van der Waals surface area contributed by atoms with Gasteiger partial charge in [-0.2, -0.15) is 0 Å². The minimum atomic E-state index is -0.804. The van der Waals surface area contributed by atoms with E-state index < -0.39 is 6.10 Å². The molecule has 0 rings (SSSR count). The Kier molecular flexibility index (Phi) is 61.8. The Bertz CT molecular complexity index is 1510. The van der Waals surface area contributed by atoms with Gasteiger partial charge in [-0.1, -0.05) is 272 Å². The molecule has 0 radical (unpaired) electrons. The number of ether oxygens (including phenoxy) is 3. The lowest BCUT2D eigenvalue weighted by Crippen LogP contribution is -2.30. The van der Waals surface area contributed by atoms with Gasteiger partial charge in [0, 0.05) is 19.3 Å². The Morgan fingerprint density at radius 2 is 0.506 bits per heavy atom. The molecule has 0 aromatic heterocycles. The van der Waals surface area contributed by atoms with E-state index in [0.717, 1.165) is 109 Å². The molecule has 0 amide bonds. The summed E-state index contributed by atoms with van der Waals surface area (Å²) in [5, 5.41) is 0. The van der Waals surface area contributed by atoms with E-state index in [1.54, 1.807) is 0 Å². The van der Waals surface area contributed by atoms with Crippen LogP contribution in [-0.4, -0.2) is 37.2 Å². The van der Waals surface area contributed by atoms with Gasteiger partial charge in [0.05, 0.1) is 0 Å². The average Bonchev–Trinajstić information content (AvgIpc) is 3.43. The molecule has 0 aromatic rings. The van der Waals surface area contributed by atoms with Crippen LogP contribution >= 0.6 is 0 Å². The molecule has 0 aliphatic carbocycles. The van der Waals surface area contributed by atoms with Gasteiger partial charge < -0.3 is 14.2 Å². The third kappa shape index (κ3) is 63.0. The van der Waals surface area contributed by atoms with Gasteiger partial charge >= 0.3 is 17.9 Å². The number of allylic oxidation sites excluding steroid dienone is 16. The normalized spacial score (nSPS) is 12.7. The molecule has 0 N–H and O–H groups in total. The second-order valence-electron chi connectivity index (χ2n) is 21.6. The molecule has 77 heavy (non-hydrogen) atoms. The van der Waals surface area contributed by atoms with Crippen molar-refractivity contribution in [3.63, 3.8) is 0 Å². The summed E-state index contributed by atoms with van der Waals surface area (Å²) in [6, 6.07) is 0. The predicted molar refractivity (Wildman–Crippen MR) is 334 cm³/mol. The highest BCUT2D eigenvalue weighted by Gasteiger charge is 2.19. The maximum atomic E-state index is 12.9. The Labute approximate surface area is 477 Å². The lowest BCUT2D eigenvalue weighted by molar-refractivity contribution is -0.167. The largest absolute Gasteiger partial charge is 0.462 e. The number of esters is 3. The highest BCUT2D eigenvalue weighted by molar-refractivity contribution is 5.71. The molecule has 0 spiro atoms. The van der Waals surface area contributed by atoms with Gasteiger partial charge in [-0.25, -0.2) is 0 Å². The molecule has 0 fully saturated rings. The number of unbranched alkanes of at least 4 members (excludes halogenated alkanes) is 32. The average molecular weight is 1070 g/mol. The van der Waals surface area contributed by atoms with Crippen LogP contribution in [0.2, 0.25) is 0 Å². The molecule has 0 saturated carbocycles. The first-order valence-corrected chi connectivity index (χ1v) is 32.7. The van der Waals surface area contributed by atoms with Crippen LogP contribution in [0.25, 0.3) is 0 Å². The topological polar surface area (TPSA) is 78.9 Å². The Hall–Kier alpha value is -3.67. The van der Waals surface area contributed by atoms with Gasteiger partial charge in [-0.05, 0) is 122 Å². The maximum Gasteiger partial charge on any atom is 0.306 e. The summed E-state index contributed by atoms with van der Waals surface area (Å²) < 4.78 is 16.9. The van der Waals surface area contributed by atoms with Gasteiger partial charge in [-0.3, -0.25) is 14.4 Å². The van der Waals surface area contributed by atoms with Crippen molar-refractivity contribution in [1.82, 2.24) is 0 Å². The summed E-state index contributed by atoms with van der Waals surface area (Å²) in [7, 11) is 0. The van der Waals surface area contributed by atoms with Gasteiger partial charge in [-0.15, -0.1) is 0 Å². The van der Waals surface area contributed by atoms with Crippen molar-refractivity contribution in [1.29, 1.82) is 0 Å². The SMILES string of the molecule is CC/C=C\C/C=C\C/C=C\C/C=C\CCCCC(=O)OCC(COC(=O)CCCCCCCCCCCCCCC/C=C\CCCCCCCCCC)OC(=O)CCCCCCCC/C=C\C/C=C\C/C=C\CCCCC. The van der Waals surface area contributed by atoms with E-state index in [0.29, 0.717) is 19.3 Å². The molecule has 0 heterocycles. The first kappa shape index (κ1) is 73.3. The molecular weight excluding hydrogens is 949 g/mol. The number of rotatable bonds is 59. The van der Waals surface area contributed by atoms with E-state index in [1.807, 2.05) is 0 Å². The molecule has 442 valence electrons. The van der Waals surface area contributed by atoms with Gasteiger partial charge in [0.2, 0.25) is 0 Å². The first-order chi connectivity index (χ1) is 38.0. The lowest BCUT2D eigenvalue weighted by atomic mass is 10.0. The zero-order valence-corrected chi connectivity index (χ0v) is 50.7. The van der Waals surface area contributed by atoms with Gasteiger partial charge in [0.25, 0.3) is 0 Å². The summed E-state index contributed by atoms with van der Waals surface area (Å²) in [6.45, 7) is 6.48. The molecule has 0 aliphatic heterocycles. The molecule has 0 aliphatic rings. The van der Waals surface area contributed by atoms with Crippen molar-refractivity contribution in [3.8, 4) is 0 Å². The molecule has 1 unspecified atom stereocenters. The molecule has 0 saturated heterocycles. The van der Waals surface area contributed by atoms with Crippen LogP contribution in [0, 0.1) is 0 Å². The van der Waals surface area contributed by atoms with E-state index in [9.17, 15) is 14.4 Å². The lowest BCUT2D eigenvalue weighted by Gasteiger charge is -2.18. The zero-order valence-electron chi connectivity index (χ0n) is 50.7. The quantitative estimate of drug-likeness (QED) is 0.0261. The van der Waals surface area contributed by atoms with Gasteiger partial charge in [0.1, 0.15) is 13.2 Å². The van der Waals surface area contributed by atoms with Crippen LogP contribution in [0.15, 0.2) is 97.2 Å². The van der Waals surface area contributed by atoms with Crippen molar-refractivity contribution in [3.05, 3.63) is 97.2 Å². The van der Waals surface area contributed by atoms with Gasteiger partial charge in [0.15, 0.2) is 6.10 Å². The molecule has 0 bridgehead atoms. The summed E-state index contributed by atoms with van der Waals surface area (Å²) in [6.07, 6.45) is 87.1. The second kappa shape index (κ2) is 64.9. The van der Waals surface area contributed by atoms with Crippen LogP contribution < -0.4 is 0 Å². The fourth-order valence-corrected chi connectivity index (χ4v) is 9.14. The van der Waals surface area contributed by atoms with Crippen LogP contribution in [0.1, 0.15) is 316 Å². The van der Waals surface area contributed by atoms with Crippen molar-refractivity contribution in [2.24, 2.45) is 0 Å². The zero-order chi connectivity index (χ0) is 55.7. The molecule has 0 aromatic carbocycles. The fourth-order valence-electron chi connectivity index (χ4n) is 9.14. The molecule has 1 atom stereocenters. The van der Waals surface area contributed by atoms with Crippen LogP contribution in [0.4, 0.5) is 0 Å². The number of carbonyl (C=O) groups excluding carboxylic acids is 3. The van der Waals surface area contributed by atoms with E-state index in [-0.39, 0.29) is 31.1 Å².